The summed E-state index contributed by atoms with van der Waals surface area (Å²) < 4.78 is 0. The number of rotatable bonds is 5. The average molecular weight is 311 g/mol. The molecule has 1 unspecified atom stereocenters. The van der Waals surface area contributed by atoms with Gasteiger partial charge in [-0.3, -0.25) is 4.79 Å². The van der Waals surface area contributed by atoms with E-state index in [1.54, 1.807) is 6.07 Å². The molecule has 114 valence electrons. The van der Waals surface area contributed by atoms with Gasteiger partial charge in [-0.25, -0.2) is 9.78 Å². The molecule has 0 aliphatic heterocycles. The second-order valence-electron chi connectivity index (χ2n) is 5.70. The highest BCUT2D eigenvalue weighted by molar-refractivity contribution is 6.29. The van der Waals surface area contributed by atoms with Crippen LogP contribution in [-0.4, -0.2) is 28.0 Å². The number of carbonyl (C=O) groups excluding carboxylic acids is 1. The van der Waals surface area contributed by atoms with Gasteiger partial charge >= 0.3 is 5.97 Å². The topological polar surface area (TPSA) is 79.3 Å². The number of nitrogens with one attached hydrogen (secondary N) is 1. The Balaban J connectivity index is 3.04. The first-order valence-corrected chi connectivity index (χ1v) is 6.85. The molecule has 0 spiro atoms. The highest BCUT2D eigenvalue weighted by Gasteiger charge is 2.22. The predicted molar refractivity (Wildman–Crippen MR) is 81.7 cm³/mol. The van der Waals surface area contributed by atoms with Gasteiger partial charge in [0.25, 0.3) is 5.91 Å². The largest absolute Gasteiger partial charge is 0.480 e. The molecule has 0 radical (unpaired) electrons. The summed E-state index contributed by atoms with van der Waals surface area (Å²) >= 11 is 5.94. The third-order valence-electron chi connectivity index (χ3n) is 2.83. The maximum Gasteiger partial charge on any atom is 0.326 e. The van der Waals surface area contributed by atoms with E-state index < -0.39 is 17.9 Å². The number of aliphatic carboxylic acids is 1. The van der Waals surface area contributed by atoms with E-state index in [1.807, 2.05) is 20.8 Å². The maximum atomic E-state index is 12.2. The van der Waals surface area contributed by atoms with Crippen molar-refractivity contribution in [2.24, 2.45) is 0 Å². The Morgan fingerprint density at radius 3 is 2.57 bits per heavy atom. The van der Waals surface area contributed by atoms with Crippen molar-refractivity contribution >= 4 is 23.5 Å². The van der Waals surface area contributed by atoms with Gasteiger partial charge in [-0.1, -0.05) is 38.4 Å². The molecule has 0 aliphatic carbocycles. The summed E-state index contributed by atoms with van der Waals surface area (Å²) in [6.45, 7) is 9.33. The molecule has 0 saturated carbocycles. The molecule has 0 aromatic carbocycles. The SMILES string of the molecule is C=CCC(NC(=O)c1cc(Cl)nc(C(C)(C)C)c1)C(=O)O. The van der Waals surface area contributed by atoms with Crippen molar-refractivity contribution in [1.82, 2.24) is 10.3 Å². The van der Waals surface area contributed by atoms with Crippen LogP contribution in [0.5, 0.6) is 0 Å². The van der Waals surface area contributed by atoms with Crippen LogP contribution in [0.1, 0.15) is 43.2 Å². The van der Waals surface area contributed by atoms with E-state index >= 15 is 0 Å². The second-order valence-corrected chi connectivity index (χ2v) is 6.09. The van der Waals surface area contributed by atoms with E-state index in [0.29, 0.717) is 5.69 Å². The minimum absolute atomic E-state index is 0.145. The molecule has 0 fully saturated rings. The molecule has 1 heterocycles. The zero-order valence-electron chi connectivity index (χ0n) is 12.3. The summed E-state index contributed by atoms with van der Waals surface area (Å²) in [5.41, 5.74) is 0.679. The van der Waals surface area contributed by atoms with Gasteiger partial charge < -0.3 is 10.4 Å². The van der Waals surface area contributed by atoms with Crippen LogP contribution in [0.15, 0.2) is 24.8 Å². The molecular formula is C15H19ClN2O3. The van der Waals surface area contributed by atoms with Crippen LogP contribution in [0.3, 0.4) is 0 Å². The number of pyridine rings is 1. The van der Waals surface area contributed by atoms with E-state index in [9.17, 15) is 9.59 Å². The fraction of sp³-hybridized carbons (Fsp3) is 0.400. The molecule has 2 N–H and O–H groups in total. The molecule has 1 rings (SSSR count). The number of carbonyl (C=O) groups is 2. The van der Waals surface area contributed by atoms with Crippen molar-refractivity contribution in [2.75, 3.05) is 0 Å². The Kier molecular flexibility index (Phi) is 5.49. The maximum absolute atomic E-state index is 12.2. The molecule has 1 aromatic heterocycles. The molecule has 1 amide bonds. The fourth-order valence-corrected chi connectivity index (χ4v) is 1.85. The fourth-order valence-electron chi connectivity index (χ4n) is 1.64. The number of carboxylic acid groups (broad SMARTS) is 1. The highest BCUT2D eigenvalue weighted by Crippen LogP contribution is 2.23. The first-order valence-electron chi connectivity index (χ1n) is 6.47. The summed E-state index contributed by atoms with van der Waals surface area (Å²) in [4.78, 5) is 27.4. The third kappa shape index (κ3) is 4.86. The molecule has 0 bridgehead atoms. The molecule has 5 nitrogen and oxygen atoms in total. The van der Waals surface area contributed by atoms with Crippen molar-refractivity contribution in [2.45, 2.75) is 38.6 Å². The smallest absolute Gasteiger partial charge is 0.326 e. The van der Waals surface area contributed by atoms with Gasteiger partial charge in [-0.05, 0) is 18.6 Å². The molecule has 1 aromatic rings. The first-order chi connectivity index (χ1) is 9.65. The number of carboxylic acids is 1. The lowest BCUT2D eigenvalue weighted by Crippen LogP contribution is -2.40. The summed E-state index contributed by atoms with van der Waals surface area (Å²) in [6, 6.07) is 2.02. The number of aromatic nitrogens is 1. The van der Waals surface area contributed by atoms with E-state index in [-0.39, 0.29) is 22.6 Å². The van der Waals surface area contributed by atoms with Gasteiger partial charge in [0, 0.05) is 16.7 Å². The molecule has 21 heavy (non-hydrogen) atoms. The molecule has 0 aliphatic rings. The lowest BCUT2D eigenvalue weighted by Gasteiger charge is -2.19. The molecule has 1 atom stereocenters. The lowest BCUT2D eigenvalue weighted by atomic mass is 9.91. The van der Waals surface area contributed by atoms with Gasteiger partial charge in [0.1, 0.15) is 11.2 Å². The Bertz CT molecular complexity index is 565. The number of hydrogen-bond acceptors (Lipinski definition) is 3. The van der Waals surface area contributed by atoms with Crippen molar-refractivity contribution in [3.8, 4) is 0 Å². The van der Waals surface area contributed by atoms with Crippen LogP contribution < -0.4 is 5.32 Å². The zero-order valence-corrected chi connectivity index (χ0v) is 13.1. The standard InChI is InChI=1S/C15H19ClN2O3/c1-5-6-10(14(20)21)17-13(19)9-7-11(15(2,3)4)18-12(16)8-9/h5,7-8,10H,1,6H2,2-4H3,(H,17,19)(H,20,21). The van der Waals surface area contributed by atoms with E-state index in [2.05, 4.69) is 16.9 Å². The van der Waals surface area contributed by atoms with E-state index in [4.69, 9.17) is 16.7 Å². The summed E-state index contributed by atoms with van der Waals surface area (Å²) in [5.74, 6) is -1.61. The number of amides is 1. The summed E-state index contributed by atoms with van der Waals surface area (Å²) in [5, 5.41) is 11.7. The highest BCUT2D eigenvalue weighted by atomic mass is 35.5. The quantitative estimate of drug-likeness (QED) is 0.647. The summed E-state index contributed by atoms with van der Waals surface area (Å²) in [7, 11) is 0. The molecular weight excluding hydrogens is 292 g/mol. The van der Waals surface area contributed by atoms with Gasteiger partial charge in [-0.15, -0.1) is 6.58 Å². The third-order valence-corrected chi connectivity index (χ3v) is 3.02. The average Bonchev–Trinajstić information content (AvgIpc) is 2.36. The Morgan fingerprint density at radius 2 is 2.10 bits per heavy atom. The van der Waals surface area contributed by atoms with Gasteiger partial charge in [-0.2, -0.15) is 0 Å². The van der Waals surface area contributed by atoms with Crippen LogP contribution >= 0.6 is 11.6 Å². The summed E-state index contributed by atoms with van der Waals surface area (Å²) in [6.07, 6.45) is 1.59. The van der Waals surface area contributed by atoms with E-state index in [0.717, 1.165) is 0 Å². The van der Waals surface area contributed by atoms with Crippen LogP contribution in [0.4, 0.5) is 0 Å². The van der Waals surface area contributed by atoms with Crippen molar-refractivity contribution < 1.29 is 14.7 Å². The van der Waals surface area contributed by atoms with Crippen molar-refractivity contribution in [3.05, 3.63) is 41.2 Å². The van der Waals surface area contributed by atoms with Crippen LogP contribution in [0.25, 0.3) is 0 Å². The number of nitrogens with zero attached hydrogens (tertiary/aromatic N) is 1. The van der Waals surface area contributed by atoms with Gasteiger partial charge in [0.15, 0.2) is 0 Å². The van der Waals surface area contributed by atoms with Crippen molar-refractivity contribution in [1.29, 1.82) is 0 Å². The van der Waals surface area contributed by atoms with Gasteiger partial charge in [0.2, 0.25) is 0 Å². The number of halogens is 1. The van der Waals surface area contributed by atoms with Crippen LogP contribution in [-0.2, 0) is 10.2 Å². The van der Waals surface area contributed by atoms with Gasteiger partial charge in [0.05, 0.1) is 0 Å². The normalized spacial score (nSPS) is 12.6. The van der Waals surface area contributed by atoms with Crippen LogP contribution in [0.2, 0.25) is 5.15 Å². The monoisotopic (exact) mass is 310 g/mol. The van der Waals surface area contributed by atoms with Crippen molar-refractivity contribution in [3.63, 3.8) is 0 Å². The Hall–Kier alpha value is -1.88. The van der Waals surface area contributed by atoms with E-state index in [1.165, 1.54) is 12.1 Å². The minimum atomic E-state index is -1.11. The second kappa shape index (κ2) is 6.72. The number of hydrogen-bond donors (Lipinski definition) is 2. The zero-order chi connectivity index (χ0) is 16.2. The Labute approximate surface area is 129 Å². The predicted octanol–water partition coefficient (Wildman–Crippen LogP) is 2.79. The minimum Gasteiger partial charge on any atom is -0.480 e. The molecule has 6 heteroatoms. The lowest BCUT2D eigenvalue weighted by molar-refractivity contribution is -0.139. The molecule has 0 saturated heterocycles. The van der Waals surface area contributed by atoms with Crippen LogP contribution in [0, 0.1) is 0 Å². The Morgan fingerprint density at radius 1 is 1.48 bits per heavy atom. The first kappa shape index (κ1) is 17.2.